The van der Waals surface area contributed by atoms with Crippen LogP contribution in [-0.2, 0) is 4.74 Å². The third-order valence-electron chi connectivity index (χ3n) is 3.53. The van der Waals surface area contributed by atoms with Crippen LogP contribution in [0.1, 0.15) is 32.4 Å². The number of hydrogen-bond donors (Lipinski definition) is 1. The standard InChI is InChI=1S/C13H17BrN4O.C2H6/c1-9-7-16-13-11(6-12(14)17-18(9)13)15-8-10-2-4-19-5-3-10;1-2/h6-7,10,15H,2-5,8H2,1H3;1-2H3. The van der Waals surface area contributed by atoms with Crippen molar-refractivity contribution in [2.24, 2.45) is 5.92 Å². The summed E-state index contributed by atoms with van der Waals surface area (Å²) in [6.07, 6.45) is 4.10. The highest BCUT2D eigenvalue weighted by atomic mass is 79.9. The van der Waals surface area contributed by atoms with E-state index in [0.29, 0.717) is 5.92 Å². The number of imidazole rings is 1. The van der Waals surface area contributed by atoms with Gasteiger partial charge in [0, 0.05) is 19.8 Å². The molecule has 1 N–H and O–H groups in total. The highest BCUT2D eigenvalue weighted by Gasteiger charge is 2.15. The summed E-state index contributed by atoms with van der Waals surface area (Å²) in [6.45, 7) is 8.72. The second-order valence-corrected chi connectivity index (χ2v) is 5.76. The molecule has 116 valence electrons. The molecule has 0 unspecified atom stereocenters. The average Bonchev–Trinajstić information content (AvgIpc) is 2.89. The maximum Gasteiger partial charge on any atom is 0.177 e. The van der Waals surface area contributed by atoms with Gasteiger partial charge in [-0.05, 0) is 47.7 Å². The monoisotopic (exact) mass is 354 g/mol. The number of ether oxygens (including phenoxy) is 1. The van der Waals surface area contributed by atoms with E-state index in [1.54, 1.807) is 0 Å². The zero-order valence-electron chi connectivity index (χ0n) is 12.9. The van der Waals surface area contributed by atoms with E-state index in [2.05, 4.69) is 31.3 Å². The Bertz CT molecular complexity index is 578. The molecule has 0 aliphatic carbocycles. The summed E-state index contributed by atoms with van der Waals surface area (Å²) in [4.78, 5) is 4.42. The van der Waals surface area contributed by atoms with E-state index in [1.807, 2.05) is 37.5 Å². The topological polar surface area (TPSA) is 51.5 Å². The molecule has 1 aliphatic heterocycles. The summed E-state index contributed by atoms with van der Waals surface area (Å²) in [6, 6.07) is 1.99. The van der Waals surface area contributed by atoms with Gasteiger partial charge in [0.25, 0.3) is 0 Å². The first-order chi connectivity index (χ1) is 10.2. The van der Waals surface area contributed by atoms with Crippen molar-refractivity contribution in [2.75, 3.05) is 25.1 Å². The van der Waals surface area contributed by atoms with Gasteiger partial charge in [-0.15, -0.1) is 0 Å². The van der Waals surface area contributed by atoms with Gasteiger partial charge in [0.2, 0.25) is 0 Å². The van der Waals surface area contributed by atoms with Crippen molar-refractivity contribution in [1.29, 1.82) is 0 Å². The minimum atomic E-state index is 0.678. The quantitative estimate of drug-likeness (QED) is 0.913. The van der Waals surface area contributed by atoms with Gasteiger partial charge in [0.1, 0.15) is 4.60 Å². The first-order valence-electron chi connectivity index (χ1n) is 7.56. The van der Waals surface area contributed by atoms with Gasteiger partial charge < -0.3 is 10.1 Å². The Morgan fingerprint density at radius 3 is 2.81 bits per heavy atom. The van der Waals surface area contributed by atoms with Crippen LogP contribution in [0.3, 0.4) is 0 Å². The molecule has 0 aromatic carbocycles. The van der Waals surface area contributed by atoms with E-state index in [9.17, 15) is 0 Å². The largest absolute Gasteiger partial charge is 0.382 e. The highest BCUT2D eigenvalue weighted by molar-refractivity contribution is 9.10. The Kier molecular flexibility index (Phi) is 5.99. The fraction of sp³-hybridized carbons (Fsp3) is 0.600. The first kappa shape index (κ1) is 16.2. The lowest BCUT2D eigenvalue weighted by Gasteiger charge is -2.22. The lowest BCUT2D eigenvalue weighted by molar-refractivity contribution is 0.0699. The van der Waals surface area contributed by atoms with Crippen LogP contribution in [0.5, 0.6) is 0 Å². The van der Waals surface area contributed by atoms with Crippen molar-refractivity contribution in [1.82, 2.24) is 14.6 Å². The second-order valence-electron chi connectivity index (χ2n) is 4.95. The fourth-order valence-electron chi connectivity index (χ4n) is 2.38. The normalized spacial score (nSPS) is 15.6. The Balaban J connectivity index is 0.000000774. The van der Waals surface area contributed by atoms with Crippen LogP contribution in [0.2, 0.25) is 0 Å². The third-order valence-corrected chi connectivity index (χ3v) is 3.92. The molecule has 0 radical (unpaired) electrons. The molecule has 3 heterocycles. The molecule has 5 nitrogen and oxygen atoms in total. The van der Waals surface area contributed by atoms with Gasteiger partial charge in [-0.25, -0.2) is 9.50 Å². The zero-order valence-corrected chi connectivity index (χ0v) is 14.5. The minimum absolute atomic E-state index is 0.678. The summed E-state index contributed by atoms with van der Waals surface area (Å²) >= 11 is 3.45. The number of nitrogens with zero attached hydrogens (tertiary/aromatic N) is 3. The van der Waals surface area contributed by atoms with Crippen molar-refractivity contribution in [3.05, 3.63) is 22.6 Å². The van der Waals surface area contributed by atoms with E-state index in [1.165, 1.54) is 0 Å². The van der Waals surface area contributed by atoms with Gasteiger partial charge in [-0.3, -0.25) is 0 Å². The molecule has 2 aromatic heterocycles. The van der Waals surface area contributed by atoms with Gasteiger partial charge in [-0.1, -0.05) is 13.8 Å². The minimum Gasteiger partial charge on any atom is -0.382 e. The van der Waals surface area contributed by atoms with Crippen molar-refractivity contribution in [2.45, 2.75) is 33.6 Å². The summed E-state index contributed by atoms with van der Waals surface area (Å²) in [5.74, 6) is 0.678. The number of halogens is 1. The number of aryl methyl sites for hydroxylation is 1. The van der Waals surface area contributed by atoms with E-state index in [-0.39, 0.29) is 0 Å². The molecule has 3 rings (SSSR count). The molecule has 0 saturated carbocycles. The maximum absolute atomic E-state index is 5.38. The Morgan fingerprint density at radius 2 is 2.10 bits per heavy atom. The number of fused-ring (bicyclic) bond motifs is 1. The van der Waals surface area contributed by atoms with Crippen LogP contribution in [0.4, 0.5) is 5.69 Å². The fourth-order valence-corrected chi connectivity index (χ4v) is 2.77. The van der Waals surface area contributed by atoms with Crippen molar-refractivity contribution in [3.8, 4) is 0 Å². The van der Waals surface area contributed by atoms with Crippen LogP contribution in [0, 0.1) is 12.8 Å². The summed E-state index contributed by atoms with van der Waals surface area (Å²) < 4.78 is 8.06. The SMILES string of the molecule is CC.Cc1cnc2c(NCC3CCOCC3)cc(Br)nn12. The molecule has 6 heteroatoms. The van der Waals surface area contributed by atoms with E-state index < -0.39 is 0 Å². The summed E-state index contributed by atoms with van der Waals surface area (Å²) in [7, 11) is 0. The van der Waals surface area contributed by atoms with Crippen LogP contribution in [0.25, 0.3) is 5.65 Å². The lowest BCUT2D eigenvalue weighted by atomic mass is 10.0. The van der Waals surface area contributed by atoms with Crippen LogP contribution >= 0.6 is 15.9 Å². The molecular weight excluding hydrogens is 332 g/mol. The van der Waals surface area contributed by atoms with E-state index in [0.717, 1.165) is 54.2 Å². The van der Waals surface area contributed by atoms with Crippen molar-refractivity contribution in [3.63, 3.8) is 0 Å². The summed E-state index contributed by atoms with van der Waals surface area (Å²) in [5.41, 5.74) is 2.94. The molecule has 1 fully saturated rings. The highest BCUT2D eigenvalue weighted by Crippen LogP contribution is 2.22. The molecular formula is C15H23BrN4O. The van der Waals surface area contributed by atoms with Crippen LogP contribution in [0.15, 0.2) is 16.9 Å². The van der Waals surface area contributed by atoms with Gasteiger partial charge in [-0.2, -0.15) is 5.10 Å². The molecule has 1 saturated heterocycles. The molecule has 2 aromatic rings. The van der Waals surface area contributed by atoms with Crippen molar-refractivity contribution >= 4 is 27.3 Å². The first-order valence-corrected chi connectivity index (χ1v) is 8.36. The zero-order chi connectivity index (χ0) is 15.2. The van der Waals surface area contributed by atoms with Crippen molar-refractivity contribution < 1.29 is 4.74 Å². The van der Waals surface area contributed by atoms with Gasteiger partial charge in [0.15, 0.2) is 5.65 Å². The summed E-state index contributed by atoms with van der Waals surface area (Å²) in [5, 5.41) is 7.90. The lowest BCUT2D eigenvalue weighted by Crippen LogP contribution is -2.22. The molecule has 0 atom stereocenters. The average molecular weight is 355 g/mol. The predicted octanol–water partition coefficient (Wildman–Crippen LogP) is 3.66. The Hall–Kier alpha value is -1.14. The third kappa shape index (κ3) is 3.95. The Morgan fingerprint density at radius 1 is 1.38 bits per heavy atom. The smallest absolute Gasteiger partial charge is 0.177 e. The van der Waals surface area contributed by atoms with Crippen LogP contribution < -0.4 is 5.32 Å². The van der Waals surface area contributed by atoms with Gasteiger partial charge in [0.05, 0.1) is 17.6 Å². The molecule has 0 bridgehead atoms. The number of rotatable bonds is 3. The molecule has 1 aliphatic rings. The molecule has 0 spiro atoms. The van der Waals surface area contributed by atoms with Gasteiger partial charge >= 0.3 is 0 Å². The Labute approximate surface area is 134 Å². The number of nitrogens with one attached hydrogen (secondary N) is 1. The van der Waals surface area contributed by atoms with E-state index >= 15 is 0 Å². The molecule has 21 heavy (non-hydrogen) atoms. The van der Waals surface area contributed by atoms with Crippen LogP contribution in [-0.4, -0.2) is 34.4 Å². The second kappa shape index (κ2) is 7.75. The number of aromatic nitrogens is 3. The maximum atomic E-state index is 5.38. The molecule has 0 amide bonds. The number of anilines is 1. The van der Waals surface area contributed by atoms with E-state index in [4.69, 9.17) is 4.74 Å². The predicted molar refractivity (Wildman–Crippen MR) is 88.8 cm³/mol. The number of hydrogen-bond acceptors (Lipinski definition) is 4.